The predicted molar refractivity (Wildman–Crippen MR) is 152 cm³/mol. The Kier molecular flexibility index (Phi) is 11.1. The second kappa shape index (κ2) is 14.8. The smallest absolute Gasteiger partial charge is 0.416 e. The second-order valence-electron chi connectivity index (χ2n) is 9.54. The Morgan fingerprint density at radius 3 is 2.52 bits per heavy atom. The second-order valence-corrected chi connectivity index (χ2v) is 9.54. The minimum atomic E-state index is -2.90. The number of hydrogen-bond donors (Lipinski definition) is 3. The molecular weight excluding hydrogens is 591 g/mol. The van der Waals surface area contributed by atoms with Gasteiger partial charge in [-0.1, -0.05) is 6.08 Å². The first-order valence-corrected chi connectivity index (χ1v) is 13.0. The van der Waals surface area contributed by atoms with Gasteiger partial charge in [-0.25, -0.2) is 27.3 Å². The molecule has 1 atom stereocenters. The quantitative estimate of drug-likeness (QED) is 0.260. The van der Waals surface area contributed by atoms with Crippen LogP contribution in [-0.2, 0) is 20.9 Å². The lowest BCUT2D eigenvalue weighted by atomic mass is 10.1. The number of fused-ring (bicyclic) bond motifs is 1. The van der Waals surface area contributed by atoms with Crippen molar-refractivity contribution >= 4 is 40.6 Å². The maximum atomic E-state index is 14.2. The van der Waals surface area contributed by atoms with Gasteiger partial charge in [-0.3, -0.25) is 14.4 Å². The van der Waals surface area contributed by atoms with Gasteiger partial charge < -0.3 is 34.7 Å². The van der Waals surface area contributed by atoms with Gasteiger partial charge in [0, 0.05) is 31.7 Å². The van der Waals surface area contributed by atoms with Crippen LogP contribution in [0.4, 0.5) is 28.4 Å². The molecule has 44 heavy (non-hydrogen) atoms. The molecule has 0 saturated heterocycles. The third-order valence-electron chi connectivity index (χ3n) is 6.19. The molecule has 0 aliphatic carbocycles. The Labute approximate surface area is 248 Å². The number of pyridine rings is 1. The highest BCUT2D eigenvalue weighted by Gasteiger charge is 2.23. The van der Waals surface area contributed by atoms with Gasteiger partial charge in [-0.2, -0.15) is 0 Å². The third-order valence-corrected chi connectivity index (χ3v) is 6.19. The lowest BCUT2D eigenvalue weighted by molar-refractivity contribution is -0.123. The van der Waals surface area contributed by atoms with Crippen molar-refractivity contribution in [3.63, 3.8) is 0 Å². The Balaban J connectivity index is 1.89. The van der Waals surface area contributed by atoms with E-state index in [2.05, 4.69) is 15.4 Å². The summed E-state index contributed by atoms with van der Waals surface area (Å²) >= 11 is 0. The Morgan fingerprint density at radius 1 is 1.16 bits per heavy atom. The van der Waals surface area contributed by atoms with Gasteiger partial charge in [0.05, 0.1) is 19.3 Å². The van der Waals surface area contributed by atoms with Crippen molar-refractivity contribution in [2.75, 3.05) is 33.1 Å². The zero-order valence-electron chi connectivity index (χ0n) is 23.9. The SMILES string of the molecule is COC(=O)NC(CC/C=C/C(=O)N(C)C)C(=O)Nc1cccn(Cc2cc3cc(F)cc(OCC(F)F)c3n2C(=O)O)c1=O. The van der Waals surface area contributed by atoms with Crippen molar-refractivity contribution in [3.8, 4) is 5.75 Å². The molecule has 0 radical (unpaired) electrons. The maximum Gasteiger partial charge on any atom is 0.416 e. The standard InChI is InChI=1S/C28H30F3N5O8/c1-34(2)23(37)9-5-4-7-19(33-27(40)43-3)25(38)32-20-8-6-10-35(26(20)39)14-18-12-16-11-17(29)13-21(44-15-22(30)31)24(16)36(18)28(41)42/h5-6,8-13,19,22H,4,7,14-15H2,1-3H3,(H,32,38)(H,33,40)(H,41,42)/b9-5+. The Morgan fingerprint density at radius 2 is 1.89 bits per heavy atom. The summed E-state index contributed by atoms with van der Waals surface area (Å²) in [5.74, 6) is -2.32. The summed E-state index contributed by atoms with van der Waals surface area (Å²) in [5, 5.41) is 14.7. The van der Waals surface area contributed by atoms with E-state index in [1.807, 2.05) is 0 Å². The summed E-state index contributed by atoms with van der Waals surface area (Å²) in [6.45, 7) is -1.48. The molecule has 3 amide bonds. The van der Waals surface area contributed by atoms with Crippen LogP contribution in [-0.4, -0.2) is 83.4 Å². The molecule has 3 aromatic rings. The van der Waals surface area contributed by atoms with Gasteiger partial charge >= 0.3 is 12.2 Å². The fourth-order valence-electron chi connectivity index (χ4n) is 4.15. The highest BCUT2D eigenvalue weighted by atomic mass is 19.3. The molecule has 3 N–H and O–H groups in total. The Hall–Kier alpha value is -5.28. The van der Waals surface area contributed by atoms with Crippen molar-refractivity contribution in [2.24, 2.45) is 0 Å². The van der Waals surface area contributed by atoms with Crippen molar-refractivity contribution in [3.05, 3.63) is 70.5 Å². The van der Waals surface area contributed by atoms with E-state index in [0.717, 1.165) is 23.8 Å². The predicted octanol–water partition coefficient (Wildman–Crippen LogP) is 3.25. The number of amides is 3. The molecule has 0 bridgehead atoms. The molecule has 0 spiro atoms. The number of carboxylic acid groups (broad SMARTS) is 1. The summed E-state index contributed by atoms with van der Waals surface area (Å²) in [6, 6.07) is 4.58. The number of ether oxygens (including phenoxy) is 2. The van der Waals surface area contributed by atoms with Crippen LogP contribution in [0.3, 0.4) is 0 Å². The van der Waals surface area contributed by atoms with Crippen LogP contribution in [0.25, 0.3) is 10.9 Å². The first-order valence-electron chi connectivity index (χ1n) is 13.0. The number of likely N-dealkylation sites (N-methyl/N-ethyl adjacent to an activating group) is 1. The van der Waals surface area contributed by atoms with Gasteiger partial charge in [0.2, 0.25) is 11.8 Å². The van der Waals surface area contributed by atoms with Crippen LogP contribution in [0.15, 0.2) is 53.5 Å². The van der Waals surface area contributed by atoms with Crippen LogP contribution in [0.2, 0.25) is 0 Å². The number of halogens is 3. The molecule has 0 aliphatic rings. The zero-order chi connectivity index (χ0) is 32.6. The summed E-state index contributed by atoms with van der Waals surface area (Å²) in [6.07, 6.45) is -0.945. The van der Waals surface area contributed by atoms with Crippen molar-refractivity contribution in [2.45, 2.75) is 31.9 Å². The zero-order valence-corrected chi connectivity index (χ0v) is 23.9. The van der Waals surface area contributed by atoms with Gasteiger partial charge in [0.25, 0.3) is 12.0 Å². The first-order chi connectivity index (χ1) is 20.8. The number of nitrogens with zero attached hydrogens (tertiary/aromatic N) is 3. The molecule has 2 heterocycles. The molecule has 16 heteroatoms. The normalized spacial score (nSPS) is 11.9. The lowest BCUT2D eigenvalue weighted by Crippen LogP contribution is -2.44. The number of benzene rings is 1. The van der Waals surface area contributed by atoms with Gasteiger partial charge in [-0.05, 0) is 43.2 Å². The van der Waals surface area contributed by atoms with Crippen LogP contribution in [0.1, 0.15) is 18.5 Å². The highest BCUT2D eigenvalue weighted by molar-refractivity contribution is 5.96. The molecule has 0 saturated carbocycles. The fraction of sp³-hybridized carbons (Fsp3) is 0.321. The van der Waals surface area contributed by atoms with Crippen molar-refractivity contribution in [1.82, 2.24) is 19.4 Å². The van der Waals surface area contributed by atoms with Gasteiger partial charge in [0.1, 0.15) is 35.4 Å². The van der Waals surface area contributed by atoms with Crippen LogP contribution in [0, 0.1) is 5.82 Å². The number of nitrogens with one attached hydrogen (secondary N) is 2. The molecule has 2 aromatic heterocycles. The maximum absolute atomic E-state index is 14.2. The van der Waals surface area contributed by atoms with E-state index in [1.165, 1.54) is 41.4 Å². The molecule has 1 aromatic carbocycles. The number of rotatable bonds is 12. The summed E-state index contributed by atoms with van der Waals surface area (Å²) in [7, 11) is 4.24. The van der Waals surface area contributed by atoms with E-state index in [0.29, 0.717) is 4.57 Å². The number of hydrogen-bond acceptors (Lipinski definition) is 7. The lowest BCUT2D eigenvalue weighted by Gasteiger charge is -2.17. The first kappa shape index (κ1) is 33.2. The molecule has 0 aliphatic heterocycles. The highest BCUT2D eigenvalue weighted by Crippen LogP contribution is 2.31. The van der Waals surface area contributed by atoms with E-state index in [1.54, 1.807) is 14.1 Å². The third kappa shape index (κ3) is 8.39. The topological polar surface area (TPSA) is 161 Å². The van der Waals surface area contributed by atoms with Crippen LogP contribution in [0.5, 0.6) is 5.75 Å². The monoisotopic (exact) mass is 621 g/mol. The molecule has 0 fully saturated rings. The van der Waals surface area contributed by atoms with Crippen molar-refractivity contribution < 1.29 is 46.9 Å². The van der Waals surface area contributed by atoms with Crippen LogP contribution >= 0.6 is 0 Å². The molecule has 13 nitrogen and oxygen atoms in total. The minimum absolute atomic E-state index is 0.0298. The van der Waals surface area contributed by atoms with Gasteiger partial charge in [-0.15, -0.1) is 0 Å². The van der Waals surface area contributed by atoms with E-state index < -0.39 is 54.3 Å². The van der Waals surface area contributed by atoms with Gasteiger partial charge in [0.15, 0.2) is 0 Å². The summed E-state index contributed by atoms with van der Waals surface area (Å²) in [4.78, 5) is 63.4. The number of aromatic nitrogens is 2. The molecule has 1 unspecified atom stereocenters. The number of carbonyl (C=O) groups excluding carboxylic acids is 3. The number of alkyl carbamates (subject to hydrolysis) is 1. The average Bonchev–Trinajstić information content (AvgIpc) is 3.32. The van der Waals surface area contributed by atoms with Crippen LogP contribution < -0.4 is 20.9 Å². The minimum Gasteiger partial charge on any atom is -0.485 e. The van der Waals surface area contributed by atoms with E-state index in [-0.39, 0.29) is 47.6 Å². The Bertz CT molecular complexity index is 1630. The van der Waals surface area contributed by atoms with Crippen molar-refractivity contribution in [1.29, 1.82) is 0 Å². The van der Waals surface area contributed by atoms with E-state index >= 15 is 0 Å². The molecular formula is C28H30F3N5O8. The number of anilines is 1. The molecule has 3 rings (SSSR count). The molecule has 236 valence electrons. The fourth-order valence-corrected chi connectivity index (χ4v) is 4.15. The van der Waals surface area contributed by atoms with E-state index in [4.69, 9.17) is 4.74 Å². The largest absolute Gasteiger partial charge is 0.485 e. The summed E-state index contributed by atoms with van der Waals surface area (Å²) < 4.78 is 51.0. The van der Waals surface area contributed by atoms with E-state index in [9.17, 15) is 42.3 Å². The summed E-state index contributed by atoms with van der Waals surface area (Å²) in [5.41, 5.74) is -1.19. The number of allylic oxidation sites excluding steroid dienone is 1. The number of alkyl halides is 2. The average molecular weight is 622 g/mol. The number of methoxy groups -OCH3 is 1. The number of carbonyl (C=O) groups is 4.